The second kappa shape index (κ2) is 19.3. The molecule has 0 radical (unpaired) electrons. The summed E-state index contributed by atoms with van der Waals surface area (Å²) >= 11 is 0. The number of alkyl halides is 6. The van der Waals surface area contributed by atoms with Gasteiger partial charge < -0.3 is 19.9 Å². The number of carbonyl (C=O) groups excluding carboxylic acids is 2. The summed E-state index contributed by atoms with van der Waals surface area (Å²) in [6, 6.07) is 0.672. The van der Waals surface area contributed by atoms with Crippen molar-refractivity contribution in [3.63, 3.8) is 0 Å². The van der Waals surface area contributed by atoms with Gasteiger partial charge in [0.25, 0.3) is 5.56 Å². The number of aryl methyl sites for hydroxylation is 1. The Morgan fingerprint density at radius 2 is 1.63 bits per heavy atom. The van der Waals surface area contributed by atoms with Crippen LogP contribution in [0.3, 0.4) is 0 Å². The number of allylic oxidation sites excluding steroid dienone is 5. The fourth-order valence-corrected chi connectivity index (χ4v) is 5.65. The third kappa shape index (κ3) is 12.6. The van der Waals surface area contributed by atoms with Gasteiger partial charge in [-0.2, -0.15) is 26.3 Å². The molecule has 2 heterocycles. The summed E-state index contributed by atoms with van der Waals surface area (Å²) in [6.07, 6.45) is -7.60. The second-order valence-electron chi connectivity index (χ2n) is 13.4. The quantitative estimate of drug-likeness (QED) is 0.117. The van der Waals surface area contributed by atoms with E-state index in [1.807, 2.05) is 13.8 Å². The number of amides is 1. The molecule has 300 valence electrons. The van der Waals surface area contributed by atoms with E-state index in [-0.39, 0.29) is 46.8 Å². The molecule has 54 heavy (non-hydrogen) atoms. The third-order valence-corrected chi connectivity index (χ3v) is 8.79. The average Bonchev–Trinajstić information content (AvgIpc) is 3.03. The van der Waals surface area contributed by atoms with E-state index < -0.39 is 82.9 Å². The number of halogens is 9. The number of primary amides is 1. The first-order valence-electron chi connectivity index (χ1n) is 17.2. The minimum Gasteiger partial charge on any atom is -0.466 e. The Kier molecular flexibility index (Phi) is 16.4. The fraction of sp³-hybridized carbons (Fsp3) is 0.500. The highest BCUT2D eigenvalue weighted by molar-refractivity contribution is 5.83. The molecule has 0 saturated carbocycles. The number of nitrogens with zero attached hydrogens (tertiary/aromatic N) is 2. The molecule has 0 aliphatic carbocycles. The molecular formula is C38H46F9N3O4. The van der Waals surface area contributed by atoms with Gasteiger partial charge in [0.15, 0.2) is 5.83 Å². The number of esters is 1. The van der Waals surface area contributed by atoms with Crippen molar-refractivity contribution in [2.75, 3.05) is 26.2 Å². The Hall–Kier alpha value is -4.34. The van der Waals surface area contributed by atoms with E-state index >= 15 is 0 Å². The number of benzene rings is 1. The Balaban J connectivity index is 0.000000377. The average molecular weight is 780 g/mol. The summed E-state index contributed by atoms with van der Waals surface area (Å²) in [6.45, 7) is 14.6. The molecule has 2 N–H and O–H groups in total. The maximum Gasteiger partial charge on any atom is 0.416 e. The third-order valence-electron chi connectivity index (χ3n) is 8.79. The van der Waals surface area contributed by atoms with Crippen LogP contribution in [-0.2, 0) is 26.9 Å². The molecule has 1 fully saturated rings. The summed E-state index contributed by atoms with van der Waals surface area (Å²) < 4.78 is 128. The number of pyridine rings is 1. The molecular weight excluding hydrogens is 733 g/mol. The van der Waals surface area contributed by atoms with Crippen LogP contribution in [0, 0.1) is 32.5 Å². The van der Waals surface area contributed by atoms with Crippen molar-refractivity contribution in [3.05, 3.63) is 97.8 Å². The molecule has 3 rings (SSSR count). The number of likely N-dealkylation sites (tertiary alicyclic amines) is 1. The van der Waals surface area contributed by atoms with Crippen LogP contribution in [0.15, 0.2) is 53.0 Å². The van der Waals surface area contributed by atoms with Crippen LogP contribution in [0.5, 0.6) is 0 Å². The largest absolute Gasteiger partial charge is 0.466 e. The van der Waals surface area contributed by atoms with Crippen molar-refractivity contribution in [1.82, 2.24) is 9.47 Å². The molecule has 16 heteroatoms. The molecule has 0 bridgehead atoms. The van der Waals surface area contributed by atoms with E-state index in [4.69, 9.17) is 5.73 Å². The fourth-order valence-electron chi connectivity index (χ4n) is 5.65. The molecule has 1 aromatic heterocycles. The van der Waals surface area contributed by atoms with E-state index in [9.17, 15) is 53.9 Å². The number of nitrogens with two attached hydrogens (primary N) is 1. The second-order valence-corrected chi connectivity index (χ2v) is 13.4. The van der Waals surface area contributed by atoms with Gasteiger partial charge in [0, 0.05) is 36.4 Å². The molecule has 1 amide bonds. The number of hydrogen-bond acceptors (Lipinski definition) is 5. The normalized spacial score (nSPS) is 14.9. The maximum atomic E-state index is 14.9. The molecule has 2 aromatic rings. The highest BCUT2D eigenvalue weighted by atomic mass is 19.4. The van der Waals surface area contributed by atoms with E-state index in [1.165, 1.54) is 33.9 Å². The van der Waals surface area contributed by atoms with Gasteiger partial charge in [0.1, 0.15) is 17.7 Å². The molecule has 1 aliphatic heterocycles. The van der Waals surface area contributed by atoms with Crippen LogP contribution in [-0.4, -0.2) is 53.8 Å². The van der Waals surface area contributed by atoms with Gasteiger partial charge in [-0.1, -0.05) is 20.4 Å². The Morgan fingerprint density at radius 1 is 1.02 bits per heavy atom. The standard InChI is InChI=1S/C21H22F6O2.C17H24F3N3O2/c1-6-29-18(28)8-7-16(22)20(24)15(10-12(3)21(25,26)27)19-11(2)9-17(23)13(4)14(19)5;1-11(2)8-14(16(21)25)23-10-12(4-7-22-5-3-6-22)13(9-15(23)24)17(18,19)20/h9-10H,3,6-8H2,1-2,4-5H3;9-11,14H,3-8H2,1-2H3,(H2,21,25)/b15-10-,20-16+;. The van der Waals surface area contributed by atoms with Crippen LogP contribution in [0.4, 0.5) is 39.5 Å². The first-order valence-corrected chi connectivity index (χ1v) is 17.2. The molecule has 1 unspecified atom stereocenters. The summed E-state index contributed by atoms with van der Waals surface area (Å²) in [4.78, 5) is 37.4. The highest BCUT2D eigenvalue weighted by Gasteiger charge is 2.36. The summed E-state index contributed by atoms with van der Waals surface area (Å²) in [7, 11) is 0. The van der Waals surface area contributed by atoms with Crippen molar-refractivity contribution in [3.8, 4) is 0 Å². The molecule has 0 spiro atoms. The van der Waals surface area contributed by atoms with Crippen LogP contribution in [0.2, 0.25) is 0 Å². The van der Waals surface area contributed by atoms with Crippen molar-refractivity contribution >= 4 is 17.4 Å². The highest BCUT2D eigenvalue weighted by Crippen LogP contribution is 2.38. The lowest BCUT2D eigenvalue weighted by molar-refractivity contribution is -0.143. The van der Waals surface area contributed by atoms with E-state index in [2.05, 4.69) is 16.2 Å². The van der Waals surface area contributed by atoms with Crippen LogP contribution in [0.1, 0.15) is 85.9 Å². The zero-order valence-electron chi connectivity index (χ0n) is 31.0. The minimum atomic E-state index is -4.87. The zero-order chi connectivity index (χ0) is 41.3. The lowest BCUT2D eigenvalue weighted by atomic mass is 9.90. The van der Waals surface area contributed by atoms with Gasteiger partial charge in [-0.25, -0.2) is 13.2 Å². The van der Waals surface area contributed by atoms with Crippen molar-refractivity contribution < 1.29 is 53.8 Å². The lowest BCUT2D eigenvalue weighted by Crippen LogP contribution is -2.39. The number of aromatic nitrogens is 1. The molecule has 1 saturated heterocycles. The van der Waals surface area contributed by atoms with E-state index in [0.717, 1.165) is 30.1 Å². The minimum absolute atomic E-state index is 0.0222. The Labute approximate surface area is 308 Å². The van der Waals surface area contributed by atoms with Gasteiger partial charge in [-0.3, -0.25) is 14.4 Å². The number of ether oxygens (including phenoxy) is 1. The van der Waals surface area contributed by atoms with E-state index in [1.54, 1.807) is 0 Å². The SMILES string of the molecule is C=C(/C=C(\C(F)=C(/F)CCC(=O)OCC)c1c(C)cc(F)c(C)c1C)C(F)(F)F.CC(C)CC(C(N)=O)n1cc(CCN2CCC2)c(C(F)(F)F)cc1=O. The van der Waals surface area contributed by atoms with Gasteiger partial charge in [0.2, 0.25) is 5.91 Å². The topological polar surface area (TPSA) is 94.6 Å². The Bertz CT molecular complexity index is 1800. The first-order chi connectivity index (χ1) is 24.9. The van der Waals surface area contributed by atoms with Crippen LogP contribution < -0.4 is 11.3 Å². The maximum absolute atomic E-state index is 14.9. The summed E-state index contributed by atoms with van der Waals surface area (Å²) in [5.41, 5.74) is 1.81. The van der Waals surface area contributed by atoms with Crippen molar-refractivity contribution in [2.45, 2.75) is 92.0 Å². The van der Waals surface area contributed by atoms with Gasteiger partial charge in [-0.05, 0) is 106 Å². The molecule has 1 atom stereocenters. The first kappa shape index (κ1) is 45.8. The molecule has 7 nitrogen and oxygen atoms in total. The van der Waals surface area contributed by atoms with Crippen LogP contribution in [0.25, 0.3) is 5.57 Å². The lowest BCUT2D eigenvalue weighted by Gasteiger charge is -2.31. The monoisotopic (exact) mass is 779 g/mol. The predicted octanol–water partition coefficient (Wildman–Crippen LogP) is 8.93. The van der Waals surface area contributed by atoms with Gasteiger partial charge >= 0.3 is 18.3 Å². The van der Waals surface area contributed by atoms with Gasteiger partial charge in [-0.15, -0.1) is 0 Å². The van der Waals surface area contributed by atoms with Crippen molar-refractivity contribution in [1.29, 1.82) is 0 Å². The molecule has 1 aromatic carbocycles. The van der Waals surface area contributed by atoms with Crippen molar-refractivity contribution in [2.24, 2.45) is 11.7 Å². The van der Waals surface area contributed by atoms with Crippen LogP contribution >= 0.6 is 0 Å². The number of carbonyl (C=O) groups is 2. The smallest absolute Gasteiger partial charge is 0.416 e. The zero-order valence-corrected chi connectivity index (χ0v) is 31.0. The number of hydrogen-bond donors (Lipinski definition) is 1. The van der Waals surface area contributed by atoms with E-state index in [0.29, 0.717) is 25.1 Å². The summed E-state index contributed by atoms with van der Waals surface area (Å²) in [5.74, 6) is -5.03. The summed E-state index contributed by atoms with van der Waals surface area (Å²) in [5, 5.41) is 0. The Morgan fingerprint density at radius 3 is 2.11 bits per heavy atom. The molecule has 1 aliphatic rings. The number of rotatable bonds is 14. The van der Waals surface area contributed by atoms with Gasteiger partial charge in [0.05, 0.1) is 18.6 Å². The predicted molar refractivity (Wildman–Crippen MR) is 187 cm³/mol.